The summed E-state index contributed by atoms with van der Waals surface area (Å²) >= 11 is 0. The normalized spacial score (nSPS) is 17.3. The number of nitrogens with zero attached hydrogens (tertiary/aromatic N) is 5. The van der Waals surface area contributed by atoms with E-state index in [1.54, 1.807) is 0 Å². The molecule has 3 N–H and O–H groups in total. The van der Waals surface area contributed by atoms with Gasteiger partial charge >= 0.3 is 0 Å². The number of hydrogen-bond acceptors (Lipinski definition) is 8. The SMILES string of the molecule is N#Cc1cnc(Nc2cc(NC[C@H]3CCCNC3)ncn2)cn1. The Morgan fingerprint density at radius 2 is 2.09 bits per heavy atom. The van der Waals surface area contributed by atoms with Gasteiger partial charge in [-0.05, 0) is 31.8 Å². The number of anilines is 3. The number of aromatic nitrogens is 4. The summed E-state index contributed by atoms with van der Waals surface area (Å²) in [6.07, 6.45) is 6.87. The average Bonchev–Trinajstić information content (AvgIpc) is 2.62. The van der Waals surface area contributed by atoms with Crippen LogP contribution in [0.1, 0.15) is 18.5 Å². The second kappa shape index (κ2) is 7.47. The fourth-order valence-electron chi connectivity index (χ4n) is 2.45. The van der Waals surface area contributed by atoms with Crippen LogP contribution in [0.5, 0.6) is 0 Å². The zero-order valence-electron chi connectivity index (χ0n) is 12.7. The topological polar surface area (TPSA) is 111 Å². The summed E-state index contributed by atoms with van der Waals surface area (Å²) in [6, 6.07) is 3.76. The zero-order chi connectivity index (χ0) is 15.9. The molecule has 3 heterocycles. The van der Waals surface area contributed by atoms with E-state index in [-0.39, 0.29) is 5.69 Å². The minimum Gasteiger partial charge on any atom is -0.370 e. The van der Waals surface area contributed by atoms with Gasteiger partial charge in [-0.15, -0.1) is 0 Å². The molecule has 1 aliphatic heterocycles. The van der Waals surface area contributed by atoms with Crippen LogP contribution in [0.25, 0.3) is 0 Å². The maximum Gasteiger partial charge on any atom is 0.158 e. The third kappa shape index (κ3) is 4.34. The van der Waals surface area contributed by atoms with E-state index in [0.29, 0.717) is 17.6 Å². The van der Waals surface area contributed by atoms with Crippen LogP contribution in [0.2, 0.25) is 0 Å². The van der Waals surface area contributed by atoms with E-state index in [2.05, 4.69) is 35.9 Å². The highest BCUT2D eigenvalue weighted by molar-refractivity contribution is 5.54. The number of nitrogens with one attached hydrogen (secondary N) is 3. The summed E-state index contributed by atoms with van der Waals surface area (Å²) in [5.41, 5.74) is 0.279. The minimum absolute atomic E-state index is 0.279. The van der Waals surface area contributed by atoms with Crippen molar-refractivity contribution in [1.29, 1.82) is 5.26 Å². The van der Waals surface area contributed by atoms with Crippen molar-refractivity contribution in [2.24, 2.45) is 5.92 Å². The van der Waals surface area contributed by atoms with Crippen LogP contribution in [-0.2, 0) is 0 Å². The highest BCUT2D eigenvalue weighted by atomic mass is 15.1. The Labute approximate surface area is 134 Å². The van der Waals surface area contributed by atoms with Crippen LogP contribution in [0, 0.1) is 17.2 Å². The van der Waals surface area contributed by atoms with E-state index in [9.17, 15) is 0 Å². The largest absolute Gasteiger partial charge is 0.370 e. The highest BCUT2D eigenvalue weighted by Crippen LogP contribution is 2.15. The summed E-state index contributed by atoms with van der Waals surface area (Å²) in [5, 5.41) is 18.5. The molecule has 0 spiro atoms. The molecule has 118 valence electrons. The van der Waals surface area contributed by atoms with E-state index < -0.39 is 0 Å². The van der Waals surface area contributed by atoms with E-state index >= 15 is 0 Å². The Kier molecular flexibility index (Phi) is 4.91. The Balaban J connectivity index is 1.59. The lowest BCUT2D eigenvalue weighted by molar-refractivity contribution is 0.392. The maximum atomic E-state index is 8.71. The second-order valence-corrected chi connectivity index (χ2v) is 5.41. The van der Waals surface area contributed by atoms with Gasteiger partial charge in [-0.25, -0.2) is 19.9 Å². The van der Waals surface area contributed by atoms with Crippen LogP contribution in [0.3, 0.4) is 0 Å². The van der Waals surface area contributed by atoms with Gasteiger partial charge in [0.2, 0.25) is 0 Å². The van der Waals surface area contributed by atoms with Gasteiger partial charge in [0.15, 0.2) is 5.69 Å². The number of nitriles is 1. The molecule has 1 fully saturated rings. The fraction of sp³-hybridized carbons (Fsp3) is 0.400. The molecule has 0 unspecified atom stereocenters. The lowest BCUT2D eigenvalue weighted by Crippen LogP contribution is -2.33. The first-order chi connectivity index (χ1) is 11.3. The van der Waals surface area contributed by atoms with Crippen molar-refractivity contribution in [1.82, 2.24) is 25.3 Å². The van der Waals surface area contributed by atoms with E-state index in [1.807, 2.05) is 12.1 Å². The predicted octanol–water partition coefficient (Wildman–Crippen LogP) is 1.29. The quantitative estimate of drug-likeness (QED) is 0.757. The lowest BCUT2D eigenvalue weighted by Gasteiger charge is -2.23. The van der Waals surface area contributed by atoms with Gasteiger partial charge < -0.3 is 16.0 Å². The monoisotopic (exact) mass is 310 g/mol. The Morgan fingerprint density at radius 1 is 1.17 bits per heavy atom. The van der Waals surface area contributed by atoms with Crippen molar-refractivity contribution in [2.75, 3.05) is 30.3 Å². The van der Waals surface area contributed by atoms with Gasteiger partial charge in [0.25, 0.3) is 0 Å². The van der Waals surface area contributed by atoms with Crippen LogP contribution in [0.4, 0.5) is 17.5 Å². The van der Waals surface area contributed by atoms with Gasteiger partial charge in [0, 0.05) is 12.6 Å². The molecule has 8 nitrogen and oxygen atoms in total. The Hall–Kier alpha value is -2.79. The van der Waals surface area contributed by atoms with Crippen LogP contribution < -0.4 is 16.0 Å². The Morgan fingerprint density at radius 3 is 2.83 bits per heavy atom. The molecule has 1 saturated heterocycles. The number of rotatable bonds is 5. The first-order valence-corrected chi connectivity index (χ1v) is 7.59. The Bertz CT molecular complexity index is 673. The van der Waals surface area contributed by atoms with Gasteiger partial charge in [0.05, 0.1) is 12.4 Å². The third-order valence-corrected chi connectivity index (χ3v) is 3.66. The summed E-state index contributed by atoms with van der Waals surface area (Å²) in [5.74, 6) is 2.56. The van der Waals surface area contributed by atoms with Crippen molar-refractivity contribution < 1.29 is 0 Å². The molecule has 0 aromatic carbocycles. The second-order valence-electron chi connectivity index (χ2n) is 5.41. The molecule has 0 amide bonds. The van der Waals surface area contributed by atoms with Gasteiger partial charge in [-0.2, -0.15) is 5.26 Å². The van der Waals surface area contributed by atoms with Gasteiger partial charge in [-0.3, -0.25) is 0 Å². The summed E-state index contributed by atoms with van der Waals surface area (Å²) in [7, 11) is 0. The minimum atomic E-state index is 0.279. The molecule has 0 bridgehead atoms. The van der Waals surface area contributed by atoms with E-state index in [1.165, 1.54) is 31.6 Å². The number of hydrogen-bond donors (Lipinski definition) is 3. The summed E-state index contributed by atoms with van der Waals surface area (Å²) in [4.78, 5) is 16.5. The van der Waals surface area contributed by atoms with Crippen LogP contribution >= 0.6 is 0 Å². The molecule has 3 rings (SSSR count). The molecular formula is C15H18N8. The first kappa shape index (κ1) is 15.1. The highest BCUT2D eigenvalue weighted by Gasteiger charge is 2.12. The molecule has 1 atom stereocenters. The van der Waals surface area contributed by atoms with E-state index in [0.717, 1.165) is 25.5 Å². The molecule has 8 heteroatoms. The average molecular weight is 310 g/mol. The maximum absolute atomic E-state index is 8.71. The van der Waals surface area contributed by atoms with Crippen molar-refractivity contribution >= 4 is 17.5 Å². The van der Waals surface area contributed by atoms with Crippen molar-refractivity contribution in [3.63, 3.8) is 0 Å². The van der Waals surface area contributed by atoms with E-state index in [4.69, 9.17) is 5.26 Å². The summed E-state index contributed by atoms with van der Waals surface area (Å²) < 4.78 is 0. The molecule has 2 aromatic heterocycles. The lowest BCUT2D eigenvalue weighted by atomic mass is 10.00. The van der Waals surface area contributed by atoms with Crippen molar-refractivity contribution in [2.45, 2.75) is 12.8 Å². The molecule has 23 heavy (non-hydrogen) atoms. The van der Waals surface area contributed by atoms with Crippen LogP contribution in [-0.4, -0.2) is 39.6 Å². The molecule has 0 saturated carbocycles. The first-order valence-electron chi connectivity index (χ1n) is 7.59. The standard InChI is InChI=1S/C15H18N8/c16-5-12-8-20-15(9-18-12)23-14-4-13(21-10-22-14)19-7-11-2-1-3-17-6-11/h4,8-11,17H,1-3,6-7H2,(H2,19,20,21,22,23)/t11-/m0/s1. The van der Waals surface area contributed by atoms with Crippen molar-refractivity contribution in [3.8, 4) is 6.07 Å². The molecule has 2 aromatic rings. The molecule has 0 aliphatic carbocycles. The smallest absolute Gasteiger partial charge is 0.158 e. The molecule has 0 radical (unpaired) electrons. The summed E-state index contributed by atoms with van der Waals surface area (Å²) in [6.45, 7) is 3.05. The third-order valence-electron chi connectivity index (χ3n) is 3.66. The number of piperidine rings is 1. The van der Waals surface area contributed by atoms with Crippen LogP contribution in [0.15, 0.2) is 24.8 Å². The predicted molar refractivity (Wildman–Crippen MR) is 86.1 cm³/mol. The van der Waals surface area contributed by atoms with Gasteiger partial charge in [-0.1, -0.05) is 0 Å². The molecular weight excluding hydrogens is 292 g/mol. The zero-order valence-corrected chi connectivity index (χ0v) is 12.7. The molecule has 1 aliphatic rings. The fourth-order valence-corrected chi connectivity index (χ4v) is 2.45. The van der Waals surface area contributed by atoms with Crippen molar-refractivity contribution in [3.05, 3.63) is 30.5 Å². The van der Waals surface area contributed by atoms with Gasteiger partial charge in [0.1, 0.15) is 29.9 Å².